The molecule has 1 aromatic heterocycles. The minimum absolute atomic E-state index is 0. The van der Waals surface area contributed by atoms with E-state index in [1.807, 2.05) is 29.6 Å². The fraction of sp³-hybridized carbons (Fsp3) is 0.231. The molecule has 1 atom stereocenters. The van der Waals surface area contributed by atoms with Gasteiger partial charge in [-0.05, 0) is 29.1 Å². The van der Waals surface area contributed by atoms with Crippen molar-refractivity contribution in [2.75, 3.05) is 14.2 Å². The van der Waals surface area contributed by atoms with E-state index in [9.17, 15) is 0 Å². The second-order valence-electron chi connectivity index (χ2n) is 3.72. The Morgan fingerprint density at radius 1 is 1.21 bits per heavy atom. The van der Waals surface area contributed by atoms with Crippen LogP contribution in [-0.2, 0) is 0 Å². The van der Waals surface area contributed by atoms with Crippen molar-refractivity contribution in [1.29, 1.82) is 0 Å². The first-order chi connectivity index (χ1) is 8.67. The van der Waals surface area contributed by atoms with Gasteiger partial charge in [0.15, 0.2) is 11.5 Å². The van der Waals surface area contributed by atoms with E-state index in [-0.39, 0.29) is 18.4 Å². The molecule has 6 heteroatoms. The van der Waals surface area contributed by atoms with E-state index in [2.05, 4.69) is 15.9 Å². The van der Waals surface area contributed by atoms with Crippen LogP contribution in [-0.4, -0.2) is 14.2 Å². The molecule has 2 N–H and O–H groups in total. The van der Waals surface area contributed by atoms with E-state index >= 15 is 0 Å². The summed E-state index contributed by atoms with van der Waals surface area (Å²) in [4.78, 5) is 1.11. The maximum absolute atomic E-state index is 6.26. The summed E-state index contributed by atoms with van der Waals surface area (Å²) < 4.78 is 11.5. The Kier molecular flexibility index (Phi) is 6.13. The van der Waals surface area contributed by atoms with Crippen molar-refractivity contribution in [3.05, 3.63) is 44.6 Å². The molecule has 2 rings (SSSR count). The Labute approximate surface area is 131 Å². The van der Waals surface area contributed by atoms with E-state index in [1.165, 1.54) is 0 Å². The van der Waals surface area contributed by atoms with Gasteiger partial charge in [-0.2, -0.15) is 0 Å². The molecular weight excluding hydrogens is 350 g/mol. The zero-order chi connectivity index (χ0) is 13.1. The van der Waals surface area contributed by atoms with Gasteiger partial charge in [-0.1, -0.05) is 22.0 Å². The van der Waals surface area contributed by atoms with Crippen LogP contribution in [0.3, 0.4) is 0 Å². The van der Waals surface area contributed by atoms with Crippen molar-refractivity contribution >= 4 is 39.7 Å². The Morgan fingerprint density at radius 2 is 1.84 bits per heavy atom. The number of hydrogen-bond donors (Lipinski definition) is 1. The number of methoxy groups -OCH3 is 2. The van der Waals surface area contributed by atoms with Crippen LogP contribution in [0.2, 0.25) is 0 Å². The molecule has 0 aliphatic carbocycles. The third kappa shape index (κ3) is 3.42. The van der Waals surface area contributed by atoms with Gasteiger partial charge in [-0.3, -0.25) is 0 Å². The van der Waals surface area contributed by atoms with Crippen molar-refractivity contribution in [2.45, 2.75) is 6.04 Å². The number of thiophene rings is 1. The minimum atomic E-state index is -0.167. The molecule has 0 saturated carbocycles. The number of benzene rings is 1. The van der Waals surface area contributed by atoms with E-state index in [1.54, 1.807) is 25.6 Å². The fourth-order valence-electron chi connectivity index (χ4n) is 1.73. The maximum Gasteiger partial charge on any atom is 0.161 e. The van der Waals surface area contributed by atoms with Gasteiger partial charge in [0.25, 0.3) is 0 Å². The van der Waals surface area contributed by atoms with Crippen LogP contribution in [0.15, 0.2) is 34.1 Å². The lowest BCUT2D eigenvalue weighted by molar-refractivity contribution is 0.354. The summed E-state index contributed by atoms with van der Waals surface area (Å²) in [6, 6.07) is 7.64. The lowest BCUT2D eigenvalue weighted by Crippen LogP contribution is -2.11. The molecule has 0 spiro atoms. The standard InChI is InChI=1S/C13H14BrNO2S.ClH/c1-16-10-6-8(9(14)7-11(10)17-2)13(15)12-4-3-5-18-12;/h3-7,13H,15H2,1-2H3;1H/t13-;/m1./s1. The topological polar surface area (TPSA) is 44.5 Å². The molecule has 0 aliphatic heterocycles. The monoisotopic (exact) mass is 363 g/mol. The zero-order valence-corrected chi connectivity index (χ0v) is 13.8. The Balaban J connectivity index is 0.00000180. The highest BCUT2D eigenvalue weighted by Gasteiger charge is 2.17. The lowest BCUT2D eigenvalue weighted by atomic mass is 10.1. The summed E-state index contributed by atoms with van der Waals surface area (Å²) in [5.74, 6) is 1.37. The molecule has 104 valence electrons. The highest BCUT2D eigenvalue weighted by molar-refractivity contribution is 9.10. The molecule has 19 heavy (non-hydrogen) atoms. The SMILES string of the molecule is COc1cc(Br)c([C@@H](N)c2cccs2)cc1OC.Cl. The van der Waals surface area contributed by atoms with Crippen molar-refractivity contribution in [1.82, 2.24) is 0 Å². The van der Waals surface area contributed by atoms with Crippen LogP contribution >= 0.6 is 39.7 Å². The van der Waals surface area contributed by atoms with Crippen LogP contribution in [0, 0.1) is 0 Å². The summed E-state index contributed by atoms with van der Waals surface area (Å²) in [6.45, 7) is 0. The molecule has 2 aromatic rings. The number of rotatable bonds is 4. The van der Waals surface area contributed by atoms with Crippen molar-refractivity contribution < 1.29 is 9.47 Å². The van der Waals surface area contributed by atoms with Gasteiger partial charge in [-0.25, -0.2) is 0 Å². The first-order valence-electron chi connectivity index (χ1n) is 5.37. The van der Waals surface area contributed by atoms with Crippen LogP contribution in [0.5, 0.6) is 11.5 Å². The van der Waals surface area contributed by atoms with Gasteiger partial charge in [0, 0.05) is 9.35 Å². The molecule has 0 unspecified atom stereocenters. The van der Waals surface area contributed by atoms with Crippen LogP contribution in [0.4, 0.5) is 0 Å². The smallest absolute Gasteiger partial charge is 0.161 e. The molecule has 1 aromatic carbocycles. The van der Waals surface area contributed by atoms with Crippen molar-refractivity contribution in [3.8, 4) is 11.5 Å². The summed E-state index contributed by atoms with van der Waals surface area (Å²) in [5.41, 5.74) is 7.24. The van der Waals surface area contributed by atoms with Crippen LogP contribution in [0.1, 0.15) is 16.5 Å². The van der Waals surface area contributed by atoms with E-state index in [0.717, 1.165) is 14.9 Å². The summed E-state index contributed by atoms with van der Waals surface area (Å²) >= 11 is 5.17. The molecular formula is C13H15BrClNO2S. The molecule has 0 radical (unpaired) electrons. The Bertz CT molecular complexity index is 534. The van der Waals surface area contributed by atoms with E-state index < -0.39 is 0 Å². The number of halogens is 2. The normalized spacial score (nSPS) is 11.6. The lowest BCUT2D eigenvalue weighted by Gasteiger charge is -2.16. The van der Waals surface area contributed by atoms with Gasteiger partial charge >= 0.3 is 0 Å². The van der Waals surface area contributed by atoms with Gasteiger partial charge in [0.05, 0.1) is 20.3 Å². The van der Waals surface area contributed by atoms with E-state index in [0.29, 0.717) is 11.5 Å². The highest BCUT2D eigenvalue weighted by Crippen LogP contribution is 2.37. The first kappa shape index (κ1) is 16.3. The van der Waals surface area contributed by atoms with Crippen molar-refractivity contribution in [3.63, 3.8) is 0 Å². The van der Waals surface area contributed by atoms with Crippen LogP contribution < -0.4 is 15.2 Å². The molecule has 1 heterocycles. The predicted molar refractivity (Wildman–Crippen MR) is 84.8 cm³/mol. The maximum atomic E-state index is 6.26. The van der Waals surface area contributed by atoms with Gasteiger partial charge in [0.1, 0.15) is 0 Å². The van der Waals surface area contributed by atoms with Gasteiger partial charge in [-0.15, -0.1) is 23.7 Å². The average molecular weight is 365 g/mol. The molecule has 0 aliphatic rings. The molecule has 0 fully saturated rings. The third-order valence-electron chi connectivity index (χ3n) is 2.69. The van der Waals surface area contributed by atoms with Crippen LogP contribution in [0.25, 0.3) is 0 Å². The summed E-state index contributed by atoms with van der Waals surface area (Å²) in [7, 11) is 3.23. The number of nitrogens with two attached hydrogens (primary N) is 1. The molecule has 0 amide bonds. The fourth-order valence-corrected chi connectivity index (χ4v) is 3.04. The minimum Gasteiger partial charge on any atom is -0.493 e. The molecule has 0 saturated heterocycles. The largest absolute Gasteiger partial charge is 0.493 e. The first-order valence-corrected chi connectivity index (χ1v) is 7.05. The summed E-state index contributed by atoms with van der Waals surface area (Å²) in [6.07, 6.45) is 0. The molecule has 0 bridgehead atoms. The Morgan fingerprint density at radius 3 is 2.37 bits per heavy atom. The number of hydrogen-bond acceptors (Lipinski definition) is 4. The Hall–Kier alpha value is -0.750. The van der Waals surface area contributed by atoms with Crippen molar-refractivity contribution in [2.24, 2.45) is 5.73 Å². The molecule has 3 nitrogen and oxygen atoms in total. The zero-order valence-electron chi connectivity index (χ0n) is 10.6. The summed E-state index contributed by atoms with van der Waals surface area (Å²) in [5, 5.41) is 2.02. The average Bonchev–Trinajstić information content (AvgIpc) is 2.91. The van der Waals surface area contributed by atoms with Gasteiger partial charge < -0.3 is 15.2 Å². The highest BCUT2D eigenvalue weighted by atomic mass is 79.9. The quantitative estimate of drug-likeness (QED) is 0.892. The third-order valence-corrected chi connectivity index (χ3v) is 4.33. The van der Waals surface area contributed by atoms with Gasteiger partial charge in [0.2, 0.25) is 0 Å². The number of ether oxygens (including phenoxy) is 2. The second-order valence-corrected chi connectivity index (χ2v) is 5.56. The van der Waals surface area contributed by atoms with E-state index in [4.69, 9.17) is 15.2 Å². The predicted octanol–water partition coefficient (Wildman–Crippen LogP) is 4.00. The second kappa shape index (κ2) is 7.14.